The van der Waals surface area contributed by atoms with Gasteiger partial charge in [0.1, 0.15) is 11.5 Å². The summed E-state index contributed by atoms with van der Waals surface area (Å²) in [5.74, 6) is 0.618. The second-order valence-electron chi connectivity index (χ2n) is 2.90. The van der Waals surface area contributed by atoms with Gasteiger partial charge in [-0.1, -0.05) is 0 Å². The van der Waals surface area contributed by atoms with Gasteiger partial charge in [-0.2, -0.15) is 0 Å². The van der Waals surface area contributed by atoms with Gasteiger partial charge in [0.05, 0.1) is 20.8 Å². The predicted octanol–water partition coefficient (Wildman–Crippen LogP) is 2.46. The van der Waals surface area contributed by atoms with Gasteiger partial charge in [-0.05, 0) is 19.1 Å². The van der Waals surface area contributed by atoms with E-state index in [0.29, 0.717) is 17.1 Å². The molecular formula is C11H11NO3. The zero-order valence-electron chi connectivity index (χ0n) is 8.83. The molecule has 4 nitrogen and oxygen atoms in total. The number of carbonyl (C=O) groups excluding carboxylic acids is 1. The normalized spacial score (nSPS) is 9.20. The maximum Gasteiger partial charge on any atom is 0.268 e. The number of nitrogens with zero attached hydrogens (tertiary/aromatic N) is 1. The van der Waals surface area contributed by atoms with Crippen molar-refractivity contribution in [2.24, 2.45) is 0 Å². The fraction of sp³-hybridized carbons (Fsp3) is 0.273. The van der Waals surface area contributed by atoms with Crippen molar-refractivity contribution >= 4 is 11.5 Å². The molecule has 0 aromatic heterocycles. The molecule has 0 radical (unpaired) electrons. The average Bonchev–Trinajstić information content (AvgIpc) is 2.26. The third-order valence-corrected chi connectivity index (χ3v) is 2.00. The maximum absolute atomic E-state index is 11.2. The lowest BCUT2D eigenvalue weighted by atomic mass is 10.1. The summed E-state index contributed by atoms with van der Waals surface area (Å²) in [5, 5.41) is 0. The first-order valence-corrected chi connectivity index (χ1v) is 4.28. The lowest BCUT2D eigenvalue weighted by molar-refractivity contribution is 0.101. The van der Waals surface area contributed by atoms with Crippen LogP contribution in [0.25, 0.3) is 4.85 Å². The molecule has 0 N–H and O–H groups in total. The first-order valence-electron chi connectivity index (χ1n) is 4.28. The SMILES string of the molecule is [C-]#[N+]c1c(OC)cc(C(C)=O)cc1OC. The highest BCUT2D eigenvalue weighted by molar-refractivity contribution is 5.96. The monoisotopic (exact) mass is 205 g/mol. The molecule has 4 heteroatoms. The molecule has 0 atom stereocenters. The zero-order chi connectivity index (χ0) is 11.4. The standard InChI is InChI=1S/C11H11NO3/c1-7(13)8-5-9(14-3)11(12-2)10(6-8)15-4/h5-6H,1,3-4H3. The van der Waals surface area contributed by atoms with Crippen LogP contribution in [0.1, 0.15) is 17.3 Å². The van der Waals surface area contributed by atoms with Gasteiger partial charge in [0.2, 0.25) is 0 Å². The highest BCUT2D eigenvalue weighted by Gasteiger charge is 2.14. The van der Waals surface area contributed by atoms with E-state index < -0.39 is 0 Å². The molecule has 0 aliphatic heterocycles. The molecule has 0 saturated heterocycles. The van der Waals surface area contributed by atoms with Crippen molar-refractivity contribution in [1.29, 1.82) is 0 Å². The third-order valence-electron chi connectivity index (χ3n) is 2.00. The van der Waals surface area contributed by atoms with Gasteiger partial charge in [-0.25, -0.2) is 4.85 Å². The molecule has 1 rings (SSSR count). The van der Waals surface area contributed by atoms with Crippen LogP contribution in [0.5, 0.6) is 11.5 Å². The highest BCUT2D eigenvalue weighted by atomic mass is 16.5. The van der Waals surface area contributed by atoms with Crippen LogP contribution in [0.2, 0.25) is 0 Å². The van der Waals surface area contributed by atoms with Crippen LogP contribution in [0.15, 0.2) is 12.1 Å². The van der Waals surface area contributed by atoms with Crippen molar-refractivity contribution in [1.82, 2.24) is 0 Å². The number of benzene rings is 1. The minimum atomic E-state index is -0.0943. The first-order chi connectivity index (χ1) is 7.13. The van der Waals surface area contributed by atoms with Gasteiger partial charge < -0.3 is 9.47 Å². The Labute approximate surface area is 88.2 Å². The summed E-state index contributed by atoms with van der Waals surface area (Å²) in [6.45, 7) is 8.44. The summed E-state index contributed by atoms with van der Waals surface area (Å²) in [7, 11) is 2.90. The van der Waals surface area contributed by atoms with E-state index in [4.69, 9.17) is 16.0 Å². The molecule has 0 unspecified atom stereocenters. The molecule has 0 heterocycles. The summed E-state index contributed by atoms with van der Waals surface area (Å²) >= 11 is 0. The third kappa shape index (κ3) is 2.08. The molecular weight excluding hydrogens is 194 g/mol. The van der Waals surface area contributed by atoms with Crippen LogP contribution >= 0.6 is 0 Å². The molecule has 15 heavy (non-hydrogen) atoms. The van der Waals surface area contributed by atoms with Gasteiger partial charge in [0.25, 0.3) is 5.69 Å². The molecule has 1 aromatic carbocycles. The Morgan fingerprint density at radius 2 is 1.73 bits per heavy atom. The number of ketones is 1. The molecule has 0 saturated carbocycles. The van der Waals surface area contributed by atoms with E-state index in [9.17, 15) is 4.79 Å². The first kappa shape index (κ1) is 11.1. The number of hydrogen-bond donors (Lipinski definition) is 0. The van der Waals surface area contributed by atoms with Crippen LogP contribution in [0, 0.1) is 6.57 Å². The number of Topliss-reactive ketones (excluding diaryl/α,β-unsaturated/α-hetero) is 1. The molecule has 0 fully saturated rings. The summed E-state index contributed by atoms with van der Waals surface area (Å²) in [6, 6.07) is 3.08. The Morgan fingerprint density at radius 1 is 1.27 bits per heavy atom. The molecule has 0 aliphatic carbocycles. The molecule has 0 amide bonds. The van der Waals surface area contributed by atoms with Crippen LogP contribution in [0.4, 0.5) is 5.69 Å². The minimum absolute atomic E-state index is 0.0943. The van der Waals surface area contributed by atoms with E-state index in [-0.39, 0.29) is 11.5 Å². The summed E-state index contributed by atoms with van der Waals surface area (Å²) in [5.41, 5.74) is 0.751. The fourth-order valence-corrected chi connectivity index (χ4v) is 1.21. The summed E-state index contributed by atoms with van der Waals surface area (Å²) in [4.78, 5) is 14.5. The van der Waals surface area contributed by atoms with Crippen molar-refractivity contribution in [3.63, 3.8) is 0 Å². The van der Waals surface area contributed by atoms with Gasteiger partial charge in [-0.15, -0.1) is 0 Å². The Bertz CT molecular complexity index is 407. The topological polar surface area (TPSA) is 39.9 Å². The van der Waals surface area contributed by atoms with E-state index >= 15 is 0 Å². The van der Waals surface area contributed by atoms with Crippen LogP contribution in [-0.4, -0.2) is 20.0 Å². The van der Waals surface area contributed by atoms with Crippen molar-refractivity contribution in [2.45, 2.75) is 6.92 Å². The maximum atomic E-state index is 11.2. The van der Waals surface area contributed by atoms with Crippen LogP contribution < -0.4 is 9.47 Å². The lowest BCUT2D eigenvalue weighted by Gasteiger charge is -2.09. The van der Waals surface area contributed by atoms with Crippen LogP contribution in [-0.2, 0) is 0 Å². The van der Waals surface area contributed by atoms with Gasteiger partial charge >= 0.3 is 0 Å². The van der Waals surface area contributed by atoms with Crippen molar-refractivity contribution < 1.29 is 14.3 Å². The van der Waals surface area contributed by atoms with Crippen molar-refractivity contribution in [2.75, 3.05) is 14.2 Å². The number of rotatable bonds is 3. The molecule has 1 aromatic rings. The Hall–Kier alpha value is -2.02. The van der Waals surface area contributed by atoms with Crippen LogP contribution in [0.3, 0.4) is 0 Å². The Morgan fingerprint density at radius 3 is 2.00 bits per heavy atom. The Kier molecular flexibility index (Phi) is 3.29. The largest absolute Gasteiger partial charge is 0.508 e. The second-order valence-corrected chi connectivity index (χ2v) is 2.90. The second kappa shape index (κ2) is 4.47. The van der Waals surface area contributed by atoms with E-state index in [2.05, 4.69) is 4.85 Å². The van der Waals surface area contributed by atoms with Gasteiger partial charge in [0, 0.05) is 5.56 Å². The average molecular weight is 205 g/mol. The van der Waals surface area contributed by atoms with E-state index in [0.717, 1.165) is 0 Å². The Balaban J connectivity index is 3.44. The molecule has 78 valence electrons. The van der Waals surface area contributed by atoms with Gasteiger partial charge in [0.15, 0.2) is 5.78 Å². The van der Waals surface area contributed by atoms with E-state index in [1.807, 2.05) is 0 Å². The zero-order valence-corrected chi connectivity index (χ0v) is 8.83. The highest BCUT2D eigenvalue weighted by Crippen LogP contribution is 2.38. The van der Waals surface area contributed by atoms with Gasteiger partial charge in [-0.3, -0.25) is 4.79 Å². The molecule has 0 aliphatic rings. The predicted molar refractivity (Wildman–Crippen MR) is 55.8 cm³/mol. The van der Waals surface area contributed by atoms with Crippen molar-refractivity contribution in [3.8, 4) is 11.5 Å². The van der Waals surface area contributed by atoms with Crippen molar-refractivity contribution in [3.05, 3.63) is 29.1 Å². The summed E-state index contributed by atoms with van der Waals surface area (Å²) < 4.78 is 10.0. The number of carbonyl (C=O) groups is 1. The number of methoxy groups -OCH3 is 2. The molecule has 0 bridgehead atoms. The smallest absolute Gasteiger partial charge is 0.268 e. The number of ether oxygens (including phenoxy) is 2. The lowest BCUT2D eigenvalue weighted by Crippen LogP contribution is -1.96. The number of hydrogen-bond acceptors (Lipinski definition) is 3. The van der Waals surface area contributed by atoms with E-state index in [1.165, 1.54) is 33.3 Å². The summed E-state index contributed by atoms with van der Waals surface area (Å²) in [6.07, 6.45) is 0. The fourth-order valence-electron chi connectivity index (χ4n) is 1.21. The minimum Gasteiger partial charge on any atom is -0.508 e. The van der Waals surface area contributed by atoms with E-state index in [1.54, 1.807) is 0 Å². The quantitative estimate of drug-likeness (QED) is 0.562. The molecule has 0 spiro atoms.